The van der Waals surface area contributed by atoms with Gasteiger partial charge >= 0.3 is 27.5 Å². The number of halogens is 3. The van der Waals surface area contributed by atoms with E-state index in [0.29, 0.717) is 12.3 Å². The molecule has 0 aliphatic heterocycles. The number of alkyl halides is 3. The second-order valence-electron chi connectivity index (χ2n) is 3.55. The zero-order chi connectivity index (χ0) is 17.1. The molecule has 0 spiro atoms. The summed E-state index contributed by atoms with van der Waals surface area (Å²) in [5, 5.41) is 9.41. The maximum Gasteiger partial charge on any atom is 0.534 e. The highest BCUT2D eigenvalue weighted by molar-refractivity contribution is 7.87. The molecule has 0 radical (unpaired) electrons. The van der Waals surface area contributed by atoms with Gasteiger partial charge in [0.15, 0.2) is 17.2 Å². The first-order chi connectivity index (χ1) is 9.94. The van der Waals surface area contributed by atoms with Gasteiger partial charge in [0.1, 0.15) is 0 Å². The van der Waals surface area contributed by atoms with E-state index in [0.717, 1.165) is 6.92 Å². The highest BCUT2D eigenvalue weighted by Gasteiger charge is 2.48. The minimum Gasteiger partial charge on any atom is -0.505 e. The van der Waals surface area contributed by atoms with Gasteiger partial charge < -0.3 is 14.1 Å². The van der Waals surface area contributed by atoms with E-state index in [2.05, 4.69) is 14.0 Å². The van der Waals surface area contributed by atoms with Gasteiger partial charge in [0.2, 0.25) is 0 Å². The number of hydroxylamine groups is 1. The van der Waals surface area contributed by atoms with Crippen molar-refractivity contribution < 1.29 is 45.3 Å². The average molecular weight is 344 g/mol. The van der Waals surface area contributed by atoms with Gasteiger partial charge in [0.05, 0.1) is 6.20 Å². The molecule has 0 aliphatic rings. The molecule has 1 amide bonds. The molecule has 2 N–H and O–H groups in total. The molecule has 0 aromatic carbocycles. The lowest BCUT2D eigenvalue weighted by Crippen LogP contribution is -2.28. The number of nitrogens with zero attached hydrogens (tertiary/aromatic N) is 1. The van der Waals surface area contributed by atoms with Gasteiger partial charge in [0, 0.05) is 13.0 Å². The number of carbonyl (C=O) groups is 2. The van der Waals surface area contributed by atoms with Crippen molar-refractivity contribution in [2.75, 3.05) is 0 Å². The van der Waals surface area contributed by atoms with Gasteiger partial charge in [-0.1, -0.05) is 0 Å². The Kier molecular flexibility index (Phi) is 4.80. The lowest BCUT2D eigenvalue weighted by molar-refractivity contribution is -0.146. The predicted molar refractivity (Wildman–Crippen MR) is 60.7 cm³/mol. The van der Waals surface area contributed by atoms with Crippen molar-refractivity contribution >= 4 is 22.0 Å². The van der Waals surface area contributed by atoms with Crippen molar-refractivity contribution in [1.82, 2.24) is 10.5 Å². The van der Waals surface area contributed by atoms with Crippen molar-refractivity contribution in [3.8, 4) is 11.5 Å². The zero-order valence-electron chi connectivity index (χ0n) is 10.5. The van der Waals surface area contributed by atoms with E-state index in [4.69, 9.17) is 0 Å². The quantitative estimate of drug-likeness (QED) is 0.452. The number of rotatable bonds is 3. The van der Waals surface area contributed by atoms with Crippen LogP contribution in [0.2, 0.25) is 0 Å². The number of hydrogen-bond donors (Lipinski definition) is 2. The Labute approximate surface area is 120 Å². The minimum absolute atomic E-state index is 0.416. The summed E-state index contributed by atoms with van der Waals surface area (Å²) in [6.07, 6.45) is 0.450. The molecule has 1 heterocycles. The monoisotopic (exact) mass is 344 g/mol. The first-order valence-electron chi connectivity index (χ1n) is 5.11. The van der Waals surface area contributed by atoms with E-state index >= 15 is 0 Å². The molecule has 0 saturated carbocycles. The predicted octanol–water partition coefficient (Wildman–Crippen LogP) is 0.223. The Morgan fingerprint density at radius 1 is 1.36 bits per heavy atom. The van der Waals surface area contributed by atoms with Crippen molar-refractivity contribution in [2.24, 2.45) is 0 Å². The standard InChI is InChI=1S/C9H7F3N2O7S/c1-4(15)20-14-8(17)7-6(16)2-5(3-13-7)21-22(18,19)9(10,11)12/h2-3,16H,1H3,(H,14,17). The Bertz CT molecular complexity index is 702. The molecule has 0 bridgehead atoms. The number of carbonyl (C=O) groups excluding carboxylic acids is 2. The third kappa shape index (κ3) is 4.21. The van der Waals surface area contributed by atoms with Crippen LogP contribution in [0.25, 0.3) is 0 Å². The fraction of sp³-hybridized carbons (Fsp3) is 0.222. The molecule has 0 fully saturated rings. The number of aromatic hydroxyl groups is 1. The second-order valence-corrected chi connectivity index (χ2v) is 5.08. The molecular formula is C9H7F3N2O7S. The molecule has 0 saturated heterocycles. The van der Waals surface area contributed by atoms with Gasteiger partial charge in [0.25, 0.3) is 0 Å². The molecule has 1 aromatic rings. The van der Waals surface area contributed by atoms with E-state index in [9.17, 15) is 36.3 Å². The minimum atomic E-state index is -5.94. The van der Waals surface area contributed by atoms with E-state index in [1.54, 1.807) is 5.48 Å². The van der Waals surface area contributed by atoms with Crippen LogP contribution in [0.1, 0.15) is 17.4 Å². The SMILES string of the molecule is CC(=O)ONC(=O)c1ncc(OS(=O)(=O)C(F)(F)F)cc1O. The van der Waals surface area contributed by atoms with Crippen LogP contribution in [0.15, 0.2) is 12.3 Å². The Balaban J connectivity index is 2.95. The smallest absolute Gasteiger partial charge is 0.505 e. The van der Waals surface area contributed by atoms with Gasteiger partial charge in [-0.3, -0.25) is 9.59 Å². The first kappa shape index (κ1) is 17.5. The number of amides is 1. The Morgan fingerprint density at radius 3 is 2.41 bits per heavy atom. The molecular weight excluding hydrogens is 337 g/mol. The van der Waals surface area contributed by atoms with Crippen LogP contribution in [0.3, 0.4) is 0 Å². The highest BCUT2D eigenvalue weighted by Crippen LogP contribution is 2.28. The van der Waals surface area contributed by atoms with Crippen molar-refractivity contribution in [3.63, 3.8) is 0 Å². The van der Waals surface area contributed by atoms with Crippen molar-refractivity contribution in [3.05, 3.63) is 18.0 Å². The zero-order valence-corrected chi connectivity index (χ0v) is 11.4. The molecule has 9 nitrogen and oxygen atoms in total. The summed E-state index contributed by atoms with van der Waals surface area (Å²) < 4.78 is 61.4. The van der Waals surface area contributed by atoms with E-state index < -0.39 is 44.7 Å². The molecule has 0 aliphatic carbocycles. The maximum absolute atomic E-state index is 12.1. The summed E-state index contributed by atoms with van der Waals surface area (Å²) in [7, 11) is -5.94. The fourth-order valence-corrected chi connectivity index (χ4v) is 1.43. The van der Waals surface area contributed by atoms with Gasteiger partial charge in [-0.05, 0) is 0 Å². The number of pyridine rings is 1. The molecule has 22 heavy (non-hydrogen) atoms. The van der Waals surface area contributed by atoms with Gasteiger partial charge in [-0.15, -0.1) is 0 Å². The van der Waals surface area contributed by atoms with Gasteiger partial charge in [-0.2, -0.15) is 27.1 Å². The second kappa shape index (κ2) is 6.05. The summed E-state index contributed by atoms with van der Waals surface area (Å²) in [5.41, 5.74) is -4.83. The summed E-state index contributed by atoms with van der Waals surface area (Å²) >= 11 is 0. The van der Waals surface area contributed by atoms with Gasteiger partial charge in [-0.25, -0.2) is 4.98 Å². The first-order valence-corrected chi connectivity index (χ1v) is 6.52. The topological polar surface area (TPSA) is 132 Å². The van der Waals surface area contributed by atoms with Crippen LogP contribution in [0.4, 0.5) is 13.2 Å². The molecule has 0 atom stereocenters. The van der Waals surface area contributed by atoms with Crippen LogP contribution in [0.5, 0.6) is 11.5 Å². The molecule has 0 unspecified atom stereocenters. The van der Waals surface area contributed by atoms with Crippen LogP contribution in [-0.2, 0) is 19.8 Å². The van der Waals surface area contributed by atoms with Crippen molar-refractivity contribution in [2.45, 2.75) is 12.4 Å². The maximum atomic E-state index is 12.1. The molecule has 1 rings (SSSR count). The third-order valence-corrected chi connectivity index (χ3v) is 2.81. The third-order valence-electron chi connectivity index (χ3n) is 1.83. The molecule has 122 valence electrons. The fourth-order valence-electron chi connectivity index (χ4n) is 0.996. The highest BCUT2D eigenvalue weighted by atomic mass is 32.2. The summed E-state index contributed by atoms with van der Waals surface area (Å²) in [4.78, 5) is 29.1. The largest absolute Gasteiger partial charge is 0.534 e. The van der Waals surface area contributed by atoms with Crippen LogP contribution in [0, 0.1) is 0 Å². The van der Waals surface area contributed by atoms with Crippen LogP contribution >= 0.6 is 0 Å². The molecule has 13 heteroatoms. The molecule has 1 aromatic heterocycles. The lowest BCUT2D eigenvalue weighted by Gasteiger charge is -2.10. The van der Waals surface area contributed by atoms with E-state index in [1.807, 2.05) is 0 Å². The summed E-state index contributed by atoms with van der Waals surface area (Å²) in [6.45, 7) is 0.965. The summed E-state index contributed by atoms with van der Waals surface area (Å²) in [6, 6.07) is 0.416. The van der Waals surface area contributed by atoms with Crippen LogP contribution < -0.4 is 9.66 Å². The van der Waals surface area contributed by atoms with E-state index in [-0.39, 0.29) is 0 Å². The van der Waals surface area contributed by atoms with E-state index in [1.165, 1.54) is 0 Å². The number of nitrogens with one attached hydrogen (secondary N) is 1. The number of hydrogen-bond acceptors (Lipinski definition) is 8. The Hall–Kier alpha value is -2.57. The Morgan fingerprint density at radius 2 is 1.95 bits per heavy atom. The summed E-state index contributed by atoms with van der Waals surface area (Å²) in [5.74, 6) is -4.06. The van der Waals surface area contributed by atoms with Crippen LogP contribution in [-0.4, -0.2) is 35.9 Å². The average Bonchev–Trinajstić information content (AvgIpc) is 2.34. The van der Waals surface area contributed by atoms with Crippen molar-refractivity contribution in [1.29, 1.82) is 0 Å². The number of aromatic nitrogens is 1. The normalized spacial score (nSPS) is 11.6. The lowest BCUT2D eigenvalue weighted by atomic mass is 10.3.